The van der Waals surface area contributed by atoms with E-state index in [1.165, 1.54) is 50.8 Å². The van der Waals surface area contributed by atoms with Crippen molar-refractivity contribution in [3.05, 3.63) is 40.2 Å². The van der Waals surface area contributed by atoms with Gasteiger partial charge in [-0.3, -0.25) is 14.4 Å². The molecule has 4 atom stereocenters. The Labute approximate surface area is 266 Å². The summed E-state index contributed by atoms with van der Waals surface area (Å²) in [5.74, 6) is 1.49. The first-order valence-corrected chi connectivity index (χ1v) is 17.1. The number of rotatable bonds is 10. The summed E-state index contributed by atoms with van der Waals surface area (Å²) in [6.07, 6.45) is 12.9. The van der Waals surface area contributed by atoms with Gasteiger partial charge >= 0.3 is 0 Å². The summed E-state index contributed by atoms with van der Waals surface area (Å²) in [6.45, 7) is 16.6. The van der Waals surface area contributed by atoms with Gasteiger partial charge in [0.05, 0.1) is 28.7 Å². The van der Waals surface area contributed by atoms with Gasteiger partial charge in [0.1, 0.15) is 17.0 Å². The monoisotopic (exact) mass is 622 g/mol. The predicted molar refractivity (Wildman–Crippen MR) is 178 cm³/mol. The van der Waals surface area contributed by atoms with Crippen molar-refractivity contribution in [2.75, 3.05) is 11.9 Å². The van der Waals surface area contributed by atoms with E-state index in [0.717, 1.165) is 44.6 Å². The van der Waals surface area contributed by atoms with Crippen LogP contribution in [0.1, 0.15) is 116 Å². The number of carbonyl (C=O) groups is 3. The summed E-state index contributed by atoms with van der Waals surface area (Å²) in [5.41, 5.74) is 2.11. The highest BCUT2D eigenvalue weighted by molar-refractivity contribution is 7.20. The zero-order chi connectivity index (χ0) is 32.2. The highest BCUT2D eigenvalue weighted by Crippen LogP contribution is 2.62. The minimum Gasteiger partial charge on any atom is -0.377 e. The van der Waals surface area contributed by atoms with Crippen molar-refractivity contribution in [1.29, 1.82) is 0 Å². The maximum absolute atomic E-state index is 13.3. The molecule has 1 spiro atoms. The predicted octanol–water partition coefficient (Wildman–Crippen LogP) is 7.80. The van der Waals surface area contributed by atoms with Crippen molar-refractivity contribution in [1.82, 2.24) is 15.3 Å². The molecule has 1 saturated heterocycles. The number of hydrogen-bond acceptors (Lipinski definition) is 8. The average Bonchev–Trinajstić information content (AvgIpc) is 3.50. The van der Waals surface area contributed by atoms with Crippen LogP contribution in [0.15, 0.2) is 35.3 Å². The van der Waals surface area contributed by atoms with Crippen LogP contribution in [0.5, 0.6) is 0 Å². The Morgan fingerprint density at radius 1 is 1.11 bits per heavy atom. The molecule has 0 bridgehead atoms. The smallest absolute Gasteiger partial charge is 0.247 e. The Morgan fingerprint density at radius 2 is 1.80 bits per heavy atom. The molecule has 2 aliphatic carbocycles. The third-order valence-corrected chi connectivity index (χ3v) is 11.5. The molecule has 9 heteroatoms. The molecule has 3 heterocycles. The first-order chi connectivity index (χ1) is 20.9. The molecule has 2 aromatic heterocycles. The van der Waals surface area contributed by atoms with Crippen LogP contribution in [-0.4, -0.2) is 45.7 Å². The lowest BCUT2D eigenvalue weighted by Crippen LogP contribution is -2.54. The minimum atomic E-state index is -0.185. The number of nitrogens with zero attached hydrogens (tertiary/aromatic N) is 2. The van der Waals surface area contributed by atoms with Gasteiger partial charge in [-0.1, -0.05) is 53.4 Å². The van der Waals surface area contributed by atoms with Crippen LogP contribution < -0.4 is 10.6 Å². The maximum Gasteiger partial charge on any atom is 0.247 e. The Balaban J connectivity index is 0.000000413. The number of carbonyl (C=O) groups excluding carboxylic acids is 3. The van der Waals surface area contributed by atoms with Gasteiger partial charge in [0.15, 0.2) is 11.6 Å². The zero-order valence-electron chi connectivity index (χ0n) is 27.8. The number of nitrogens with one attached hydrogen (secondary N) is 2. The molecule has 240 valence electrons. The molecule has 44 heavy (non-hydrogen) atoms. The van der Waals surface area contributed by atoms with E-state index in [4.69, 9.17) is 4.74 Å². The quantitative estimate of drug-likeness (QED) is 0.158. The van der Waals surface area contributed by atoms with E-state index in [9.17, 15) is 14.4 Å². The number of thiophene rings is 1. The lowest BCUT2D eigenvalue weighted by Gasteiger charge is -2.43. The van der Waals surface area contributed by atoms with Gasteiger partial charge in [-0.15, -0.1) is 11.3 Å². The van der Waals surface area contributed by atoms with Crippen LogP contribution >= 0.6 is 11.3 Å². The number of aromatic nitrogens is 2. The van der Waals surface area contributed by atoms with Crippen molar-refractivity contribution in [3.63, 3.8) is 0 Å². The normalized spacial score (nSPS) is 25.2. The first-order valence-electron chi connectivity index (χ1n) is 16.2. The molecule has 2 aromatic rings. The van der Waals surface area contributed by atoms with E-state index >= 15 is 0 Å². The Bertz CT molecular complexity index is 1450. The Kier molecular flexibility index (Phi) is 10.8. The fourth-order valence-corrected chi connectivity index (χ4v) is 7.62. The molecule has 3 aliphatic rings. The molecule has 2 saturated carbocycles. The molecule has 0 aromatic carbocycles. The Hall–Kier alpha value is -2.91. The second-order valence-electron chi connectivity index (χ2n) is 13.2. The fourth-order valence-electron chi connectivity index (χ4n) is 6.72. The molecule has 0 radical (unpaired) electrons. The standard InChI is InChI=1S/C27H36N4O3S.C8H14O/c1-7-17(3)27(11-9-8-10-12-27)31-25(34)18(4)16(2)13-22(19(5)32)30-24-21-14-23(20(6)33)35-26(21)29-15-28-24;1-3-7-8(5-9-7)4-6(8)2/h13-15,17H,7-12H2,1-6H3,(H,31,34)(H,28,29,30);6-7H,3-5H2,1-2H3/b18-16+,22-13+;. The van der Waals surface area contributed by atoms with Crippen molar-refractivity contribution >= 4 is 44.8 Å². The molecule has 1 aliphatic heterocycles. The van der Waals surface area contributed by atoms with Crippen LogP contribution in [0, 0.1) is 17.3 Å². The number of fused-ring (bicyclic) bond motifs is 1. The molecule has 2 N–H and O–H groups in total. The summed E-state index contributed by atoms with van der Waals surface area (Å²) >= 11 is 1.29. The van der Waals surface area contributed by atoms with Gasteiger partial charge < -0.3 is 15.4 Å². The summed E-state index contributed by atoms with van der Waals surface area (Å²) in [4.78, 5) is 47.3. The lowest BCUT2D eigenvalue weighted by molar-refractivity contribution is -0.139. The van der Waals surface area contributed by atoms with E-state index in [0.29, 0.717) is 55.2 Å². The van der Waals surface area contributed by atoms with Crippen molar-refractivity contribution in [2.45, 2.75) is 118 Å². The van der Waals surface area contributed by atoms with Gasteiger partial charge in [0.25, 0.3) is 0 Å². The average molecular weight is 623 g/mol. The highest BCUT2D eigenvalue weighted by Gasteiger charge is 2.62. The fraction of sp³-hybridized carbons (Fsp3) is 0.629. The molecule has 3 fully saturated rings. The van der Waals surface area contributed by atoms with E-state index in [2.05, 4.69) is 48.3 Å². The van der Waals surface area contributed by atoms with Gasteiger partial charge in [-0.2, -0.15) is 0 Å². The second-order valence-corrected chi connectivity index (χ2v) is 14.2. The summed E-state index contributed by atoms with van der Waals surface area (Å²) in [6, 6.07) is 1.74. The van der Waals surface area contributed by atoms with Gasteiger partial charge in [-0.05, 0) is 76.0 Å². The van der Waals surface area contributed by atoms with Crippen molar-refractivity contribution in [3.8, 4) is 0 Å². The SMILES string of the molecule is CCC(C)C1(NC(=O)/C(C)=C(C)/C=C(/Nc2ncnc3sc(C(C)=O)cc23)C(C)=O)CCCCC1.CCC1OCC12CC2C. The van der Waals surface area contributed by atoms with Crippen molar-refractivity contribution in [2.24, 2.45) is 17.3 Å². The van der Waals surface area contributed by atoms with Crippen LogP contribution in [0.2, 0.25) is 0 Å². The van der Waals surface area contributed by atoms with Crippen LogP contribution in [-0.2, 0) is 14.3 Å². The largest absolute Gasteiger partial charge is 0.377 e. The van der Waals surface area contributed by atoms with E-state index in [1.807, 2.05) is 6.92 Å². The molecule has 1 amide bonds. The van der Waals surface area contributed by atoms with Gasteiger partial charge in [0.2, 0.25) is 5.91 Å². The number of anilines is 1. The van der Waals surface area contributed by atoms with Crippen LogP contribution in [0.3, 0.4) is 0 Å². The summed E-state index contributed by atoms with van der Waals surface area (Å²) in [5, 5.41) is 7.15. The lowest BCUT2D eigenvalue weighted by atomic mass is 9.72. The first kappa shape index (κ1) is 34.0. The maximum atomic E-state index is 13.3. The molecule has 4 unspecified atom stereocenters. The van der Waals surface area contributed by atoms with Crippen molar-refractivity contribution < 1.29 is 19.1 Å². The molecule has 5 rings (SSSR count). The minimum absolute atomic E-state index is 0.0465. The number of ketones is 2. The number of hydrogen-bond donors (Lipinski definition) is 2. The van der Waals surface area contributed by atoms with E-state index in [1.54, 1.807) is 19.1 Å². The number of amides is 1. The van der Waals surface area contributed by atoms with Gasteiger partial charge in [-0.25, -0.2) is 9.97 Å². The third-order valence-electron chi connectivity index (χ3n) is 10.3. The molecule has 8 nitrogen and oxygen atoms in total. The summed E-state index contributed by atoms with van der Waals surface area (Å²) < 4.78 is 5.43. The third kappa shape index (κ3) is 7.15. The number of allylic oxidation sites excluding steroid dienone is 3. The Morgan fingerprint density at radius 3 is 2.30 bits per heavy atom. The molecular weight excluding hydrogens is 572 g/mol. The van der Waals surface area contributed by atoms with Crippen LogP contribution in [0.25, 0.3) is 10.2 Å². The number of Topliss-reactive ketones (excluding diaryl/α,β-unsaturated/α-hetero) is 2. The molecular formula is C35H50N4O4S. The topological polar surface area (TPSA) is 110 Å². The van der Waals surface area contributed by atoms with Crippen LogP contribution in [0.4, 0.5) is 5.82 Å². The summed E-state index contributed by atoms with van der Waals surface area (Å²) in [7, 11) is 0. The highest BCUT2D eigenvalue weighted by atomic mass is 32.1. The van der Waals surface area contributed by atoms with E-state index < -0.39 is 0 Å². The van der Waals surface area contributed by atoms with E-state index in [-0.39, 0.29) is 23.0 Å². The van der Waals surface area contributed by atoms with Gasteiger partial charge in [0, 0.05) is 23.5 Å². The second kappa shape index (κ2) is 14.0. The number of ether oxygens (including phenoxy) is 1. The zero-order valence-corrected chi connectivity index (χ0v) is 28.6.